The summed E-state index contributed by atoms with van der Waals surface area (Å²) >= 11 is 6.08. The maximum atomic E-state index is 6.58. The molecule has 2 aromatic rings. The van der Waals surface area contributed by atoms with E-state index < -0.39 is 0 Å². The maximum Gasteiger partial charge on any atom is 0.190 e. The van der Waals surface area contributed by atoms with Gasteiger partial charge in [-0.2, -0.15) is 5.10 Å². The van der Waals surface area contributed by atoms with Gasteiger partial charge in [-0.05, 0) is 36.6 Å². The van der Waals surface area contributed by atoms with Crippen LogP contribution in [0.25, 0.3) is 0 Å². The van der Waals surface area contributed by atoms with Crippen LogP contribution in [0.5, 0.6) is 11.5 Å². The van der Waals surface area contributed by atoms with Crippen molar-refractivity contribution in [3.05, 3.63) is 58.6 Å². The van der Waals surface area contributed by atoms with Crippen LogP contribution >= 0.6 is 11.6 Å². The molecule has 0 saturated heterocycles. The number of hydrazone groups is 1. The number of fused-ring (bicyclic) bond motifs is 3. The molecule has 0 radical (unpaired) electrons. The Balaban J connectivity index is 1.55. The predicted octanol–water partition coefficient (Wildman–Crippen LogP) is 5.80. The SMILES string of the molecule is COc1cccc2c1O[C@@H](C1CCCCC1)N1N=C(c3ccc(Cl)cc3)C[C@@H]21. The zero-order valence-electron chi connectivity index (χ0n) is 16.1. The lowest BCUT2D eigenvalue weighted by atomic mass is 9.86. The summed E-state index contributed by atoms with van der Waals surface area (Å²) in [6.45, 7) is 0. The van der Waals surface area contributed by atoms with Crippen molar-refractivity contribution < 1.29 is 9.47 Å². The maximum absolute atomic E-state index is 6.58. The zero-order valence-corrected chi connectivity index (χ0v) is 16.9. The Hall–Kier alpha value is -2.20. The van der Waals surface area contributed by atoms with E-state index in [1.165, 1.54) is 37.7 Å². The van der Waals surface area contributed by atoms with E-state index in [0.29, 0.717) is 5.92 Å². The number of methoxy groups -OCH3 is 1. The molecule has 0 N–H and O–H groups in total. The summed E-state index contributed by atoms with van der Waals surface area (Å²) in [7, 11) is 1.71. The highest BCUT2D eigenvalue weighted by Gasteiger charge is 2.44. The smallest absolute Gasteiger partial charge is 0.190 e. The van der Waals surface area contributed by atoms with Crippen LogP contribution in [-0.4, -0.2) is 24.1 Å². The van der Waals surface area contributed by atoms with Crippen LogP contribution in [0.15, 0.2) is 47.6 Å². The fourth-order valence-electron chi connectivity index (χ4n) is 4.82. The third kappa shape index (κ3) is 3.04. The molecule has 2 heterocycles. The van der Waals surface area contributed by atoms with Gasteiger partial charge < -0.3 is 9.47 Å². The van der Waals surface area contributed by atoms with Gasteiger partial charge in [-0.25, -0.2) is 5.01 Å². The van der Waals surface area contributed by atoms with Crippen LogP contribution in [0.4, 0.5) is 0 Å². The fraction of sp³-hybridized carbons (Fsp3) is 0.435. The summed E-state index contributed by atoms with van der Waals surface area (Å²) in [4.78, 5) is 0. The summed E-state index contributed by atoms with van der Waals surface area (Å²) in [6, 6.07) is 14.4. The third-order valence-corrected chi connectivity index (χ3v) is 6.51. The summed E-state index contributed by atoms with van der Waals surface area (Å²) < 4.78 is 12.2. The summed E-state index contributed by atoms with van der Waals surface area (Å²) in [6.07, 6.45) is 7.11. The van der Waals surface area contributed by atoms with Gasteiger partial charge in [0.05, 0.1) is 18.9 Å². The molecule has 0 amide bonds. The Bertz CT molecular complexity index is 890. The van der Waals surface area contributed by atoms with E-state index >= 15 is 0 Å². The summed E-state index contributed by atoms with van der Waals surface area (Å²) in [5.41, 5.74) is 3.39. The van der Waals surface area contributed by atoms with Crippen molar-refractivity contribution in [1.29, 1.82) is 0 Å². The second-order valence-electron chi connectivity index (χ2n) is 7.94. The second-order valence-corrected chi connectivity index (χ2v) is 8.38. The van der Waals surface area contributed by atoms with Crippen LogP contribution in [0, 0.1) is 5.92 Å². The highest BCUT2D eigenvalue weighted by Crippen LogP contribution is 2.49. The Kier molecular flexibility index (Phi) is 4.67. The predicted molar refractivity (Wildman–Crippen MR) is 111 cm³/mol. The van der Waals surface area contributed by atoms with Crippen molar-refractivity contribution in [3.63, 3.8) is 0 Å². The molecule has 0 bridgehead atoms. The van der Waals surface area contributed by atoms with Gasteiger partial charge >= 0.3 is 0 Å². The minimum absolute atomic E-state index is 0.0288. The van der Waals surface area contributed by atoms with Crippen LogP contribution in [0.2, 0.25) is 5.02 Å². The number of benzene rings is 2. The topological polar surface area (TPSA) is 34.1 Å². The molecule has 5 heteroatoms. The van der Waals surface area contributed by atoms with Crippen LogP contribution in [-0.2, 0) is 0 Å². The Morgan fingerprint density at radius 1 is 1.07 bits per heavy atom. The number of ether oxygens (including phenoxy) is 2. The van der Waals surface area contributed by atoms with Gasteiger partial charge in [0.15, 0.2) is 17.7 Å². The number of nitrogens with zero attached hydrogens (tertiary/aromatic N) is 2. The highest BCUT2D eigenvalue weighted by atomic mass is 35.5. The van der Waals surface area contributed by atoms with Crippen molar-refractivity contribution in [3.8, 4) is 11.5 Å². The molecule has 2 aromatic carbocycles. The molecule has 28 heavy (non-hydrogen) atoms. The number of para-hydroxylation sites is 1. The summed E-state index contributed by atoms with van der Waals surface area (Å²) in [5, 5.41) is 8.03. The number of hydrogen-bond donors (Lipinski definition) is 0. The minimum Gasteiger partial charge on any atom is -0.493 e. The normalized spacial score (nSPS) is 24.2. The van der Waals surface area contributed by atoms with Gasteiger partial charge in [-0.15, -0.1) is 0 Å². The number of hydrogen-bond acceptors (Lipinski definition) is 4. The summed E-state index contributed by atoms with van der Waals surface area (Å²) in [5.74, 6) is 2.22. The Morgan fingerprint density at radius 2 is 1.86 bits per heavy atom. The molecular weight excluding hydrogens is 372 g/mol. The van der Waals surface area contributed by atoms with Gasteiger partial charge in [0.1, 0.15) is 0 Å². The minimum atomic E-state index is -0.0288. The Morgan fingerprint density at radius 3 is 2.61 bits per heavy atom. The lowest BCUT2D eigenvalue weighted by Crippen LogP contribution is -2.46. The molecule has 2 aliphatic heterocycles. The molecule has 1 fully saturated rings. The first-order valence-corrected chi connectivity index (χ1v) is 10.6. The van der Waals surface area contributed by atoms with Crippen molar-refractivity contribution >= 4 is 17.3 Å². The van der Waals surface area contributed by atoms with E-state index in [1.54, 1.807) is 7.11 Å². The van der Waals surface area contributed by atoms with E-state index in [2.05, 4.69) is 23.2 Å². The Labute approximate surface area is 171 Å². The molecule has 0 spiro atoms. The van der Waals surface area contributed by atoms with Gasteiger partial charge in [-0.3, -0.25) is 0 Å². The first-order chi connectivity index (χ1) is 13.7. The third-order valence-electron chi connectivity index (χ3n) is 6.26. The van der Waals surface area contributed by atoms with Gasteiger partial charge in [0.25, 0.3) is 0 Å². The number of rotatable bonds is 3. The molecule has 0 aromatic heterocycles. The second kappa shape index (κ2) is 7.32. The molecule has 1 saturated carbocycles. The van der Waals surface area contributed by atoms with Crippen molar-refractivity contribution in [2.75, 3.05) is 7.11 Å². The monoisotopic (exact) mass is 396 g/mol. The molecule has 1 aliphatic carbocycles. The van der Waals surface area contributed by atoms with Gasteiger partial charge in [0.2, 0.25) is 0 Å². The van der Waals surface area contributed by atoms with E-state index in [-0.39, 0.29) is 12.3 Å². The molecule has 2 atom stereocenters. The van der Waals surface area contributed by atoms with E-state index in [1.807, 2.05) is 24.3 Å². The van der Waals surface area contributed by atoms with Crippen LogP contribution in [0.1, 0.15) is 55.7 Å². The van der Waals surface area contributed by atoms with Crippen molar-refractivity contribution in [2.45, 2.75) is 50.8 Å². The van der Waals surface area contributed by atoms with Crippen LogP contribution in [0.3, 0.4) is 0 Å². The molecule has 4 nitrogen and oxygen atoms in total. The van der Waals surface area contributed by atoms with E-state index in [4.69, 9.17) is 26.2 Å². The molecule has 5 rings (SSSR count). The van der Waals surface area contributed by atoms with E-state index in [9.17, 15) is 0 Å². The quantitative estimate of drug-likeness (QED) is 0.657. The average Bonchev–Trinajstić information content (AvgIpc) is 3.19. The molecule has 3 aliphatic rings. The average molecular weight is 397 g/mol. The molecule has 146 valence electrons. The van der Waals surface area contributed by atoms with Gasteiger partial charge in [0, 0.05) is 22.9 Å². The molecular formula is C23H25ClN2O2. The largest absolute Gasteiger partial charge is 0.493 e. The van der Waals surface area contributed by atoms with E-state index in [0.717, 1.165) is 34.2 Å². The van der Waals surface area contributed by atoms with Crippen molar-refractivity contribution in [1.82, 2.24) is 5.01 Å². The van der Waals surface area contributed by atoms with Gasteiger partial charge in [-0.1, -0.05) is 55.1 Å². The first-order valence-electron chi connectivity index (χ1n) is 10.2. The highest BCUT2D eigenvalue weighted by molar-refractivity contribution is 6.30. The van der Waals surface area contributed by atoms with Crippen LogP contribution < -0.4 is 9.47 Å². The fourth-order valence-corrected chi connectivity index (χ4v) is 4.95. The standard InChI is InChI=1S/C23H25ClN2O2/c1-27-21-9-5-8-18-20-14-19(15-10-12-17(24)13-11-15)25-26(20)23(28-22(18)21)16-6-3-2-4-7-16/h5,8-13,16,20,23H,2-4,6-7,14H2,1H3/t20-,23-/m0/s1. The van der Waals surface area contributed by atoms with Crippen molar-refractivity contribution in [2.24, 2.45) is 11.0 Å². The lowest BCUT2D eigenvalue weighted by Gasteiger charge is -2.43. The number of halogens is 1. The molecule has 0 unspecified atom stereocenters. The lowest BCUT2D eigenvalue weighted by molar-refractivity contribution is -0.0656. The zero-order chi connectivity index (χ0) is 19.1. The first kappa shape index (κ1) is 17.9.